The Balaban J connectivity index is 2.51. The van der Waals surface area contributed by atoms with Crippen LogP contribution in [0.15, 0.2) is 29.3 Å². The maximum absolute atomic E-state index is 5.43. The summed E-state index contributed by atoms with van der Waals surface area (Å²) in [7, 11) is 0. The summed E-state index contributed by atoms with van der Waals surface area (Å²) in [5.74, 6) is 0.378. The normalized spacial score (nSPS) is 14.7. The third-order valence-electron chi connectivity index (χ3n) is 1.64. The molecule has 0 saturated heterocycles. The lowest BCUT2D eigenvalue weighted by Gasteiger charge is -2.11. The van der Waals surface area contributed by atoms with Crippen LogP contribution in [0.4, 0.5) is 5.69 Å². The van der Waals surface area contributed by atoms with E-state index in [1.165, 1.54) is 0 Å². The quantitative estimate of drug-likeness (QED) is 0.577. The fourth-order valence-corrected chi connectivity index (χ4v) is 1.08. The zero-order valence-corrected chi connectivity index (χ0v) is 5.99. The molecule has 0 fully saturated rings. The van der Waals surface area contributed by atoms with Gasteiger partial charge in [-0.1, -0.05) is 18.2 Å². The molecule has 1 aliphatic heterocycles. The summed E-state index contributed by atoms with van der Waals surface area (Å²) in [5, 5.41) is 4.00. The zero-order valence-electron chi connectivity index (χ0n) is 5.99. The first-order valence-corrected chi connectivity index (χ1v) is 3.46. The number of nitrogens with two attached hydrogens (primary N) is 1. The molecule has 11 heavy (non-hydrogen) atoms. The zero-order chi connectivity index (χ0) is 7.68. The summed E-state index contributed by atoms with van der Waals surface area (Å²) in [6, 6.07) is 7.87. The molecule has 0 aliphatic carbocycles. The molecule has 0 amide bonds. The van der Waals surface area contributed by atoms with Crippen molar-refractivity contribution in [3.63, 3.8) is 0 Å². The van der Waals surface area contributed by atoms with Crippen LogP contribution in [0.3, 0.4) is 0 Å². The van der Waals surface area contributed by atoms with Crippen LogP contribution in [0.1, 0.15) is 5.56 Å². The van der Waals surface area contributed by atoms with Gasteiger partial charge in [0.25, 0.3) is 0 Å². The molecule has 0 atom stereocenters. The average Bonchev–Trinajstić information content (AvgIpc) is 2.04. The Labute approximate surface area is 64.9 Å². The molecular weight excluding hydrogens is 138 g/mol. The summed E-state index contributed by atoms with van der Waals surface area (Å²) < 4.78 is 0. The van der Waals surface area contributed by atoms with Crippen molar-refractivity contribution in [2.24, 2.45) is 10.7 Å². The molecule has 1 heterocycles. The molecule has 0 aromatic heterocycles. The van der Waals surface area contributed by atoms with Gasteiger partial charge >= 0.3 is 0 Å². The lowest BCUT2D eigenvalue weighted by molar-refractivity contribution is 0.866. The van der Waals surface area contributed by atoms with Gasteiger partial charge in [0.1, 0.15) is 0 Å². The number of aliphatic imine (C=N–C) groups is 1. The van der Waals surface area contributed by atoms with Crippen molar-refractivity contribution in [3.8, 4) is 0 Å². The van der Waals surface area contributed by atoms with Gasteiger partial charge in [-0.3, -0.25) is 0 Å². The fraction of sp³-hybridized carbons (Fsp3) is 0.125. The van der Waals surface area contributed by atoms with Crippen LogP contribution >= 0.6 is 0 Å². The molecule has 55 valence electrons. The van der Waals surface area contributed by atoms with Gasteiger partial charge in [-0.15, -0.1) is 0 Å². The largest absolute Gasteiger partial charge is 0.368 e. The molecule has 0 saturated carbocycles. The molecular formula is C8H8N3. The highest BCUT2D eigenvalue weighted by Gasteiger charge is 2.07. The van der Waals surface area contributed by atoms with Crippen molar-refractivity contribution in [2.75, 3.05) is 0 Å². The standard InChI is InChI=1S/C8H8N3/c9-8-10-5-6-3-1-2-4-7(6)11-8/h1-4H,5H2,(H2,9,11). The predicted octanol–water partition coefficient (Wildman–Crippen LogP) is 0.751. The molecule has 2 rings (SSSR count). The molecule has 3 nitrogen and oxygen atoms in total. The van der Waals surface area contributed by atoms with Crippen LogP contribution in [0, 0.1) is 0 Å². The summed E-state index contributed by atoms with van der Waals surface area (Å²) in [4.78, 5) is 4.07. The monoisotopic (exact) mass is 146 g/mol. The molecule has 3 heteroatoms. The van der Waals surface area contributed by atoms with Crippen molar-refractivity contribution >= 4 is 11.6 Å². The third kappa shape index (κ3) is 1.05. The highest BCUT2D eigenvalue weighted by molar-refractivity contribution is 5.82. The van der Waals surface area contributed by atoms with E-state index in [1.807, 2.05) is 24.3 Å². The van der Waals surface area contributed by atoms with Gasteiger partial charge in [-0.05, 0) is 11.6 Å². The van der Waals surface area contributed by atoms with E-state index in [0.29, 0.717) is 12.5 Å². The summed E-state index contributed by atoms with van der Waals surface area (Å²) in [6.07, 6.45) is 0. The Morgan fingerprint density at radius 3 is 3.00 bits per heavy atom. The molecule has 1 aromatic rings. The first-order chi connectivity index (χ1) is 5.36. The minimum atomic E-state index is 0.378. The van der Waals surface area contributed by atoms with Gasteiger partial charge in [0.05, 0.1) is 12.2 Å². The van der Waals surface area contributed by atoms with E-state index in [4.69, 9.17) is 5.73 Å². The molecule has 0 spiro atoms. The number of hydrogen-bond acceptors (Lipinski definition) is 2. The molecule has 1 radical (unpaired) electrons. The lowest BCUT2D eigenvalue weighted by atomic mass is 10.1. The number of fused-ring (bicyclic) bond motifs is 1. The van der Waals surface area contributed by atoms with E-state index in [0.717, 1.165) is 11.3 Å². The van der Waals surface area contributed by atoms with Crippen LogP contribution in [0.2, 0.25) is 0 Å². The number of rotatable bonds is 0. The maximum Gasteiger partial charge on any atom is 0.216 e. The number of guanidine groups is 1. The number of para-hydroxylation sites is 1. The summed E-state index contributed by atoms with van der Waals surface area (Å²) >= 11 is 0. The van der Waals surface area contributed by atoms with Crippen molar-refractivity contribution < 1.29 is 0 Å². The molecule has 0 bridgehead atoms. The second kappa shape index (κ2) is 2.27. The Bertz CT molecular complexity index is 304. The van der Waals surface area contributed by atoms with E-state index in [-0.39, 0.29) is 0 Å². The number of hydrogen-bond donors (Lipinski definition) is 1. The smallest absolute Gasteiger partial charge is 0.216 e. The summed E-state index contributed by atoms with van der Waals surface area (Å²) in [5.41, 5.74) is 7.52. The molecule has 0 unspecified atom stereocenters. The van der Waals surface area contributed by atoms with Crippen LogP contribution in [-0.4, -0.2) is 5.96 Å². The van der Waals surface area contributed by atoms with Crippen LogP contribution in [0.5, 0.6) is 0 Å². The minimum Gasteiger partial charge on any atom is -0.368 e. The fourth-order valence-electron chi connectivity index (χ4n) is 1.08. The van der Waals surface area contributed by atoms with E-state index in [1.54, 1.807) is 0 Å². The minimum absolute atomic E-state index is 0.378. The second-order valence-electron chi connectivity index (χ2n) is 2.41. The van der Waals surface area contributed by atoms with Gasteiger partial charge in [0.2, 0.25) is 5.96 Å². The predicted molar refractivity (Wildman–Crippen MR) is 43.6 cm³/mol. The van der Waals surface area contributed by atoms with Crippen molar-refractivity contribution in [3.05, 3.63) is 29.8 Å². The van der Waals surface area contributed by atoms with Gasteiger partial charge in [-0.25, -0.2) is 10.3 Å². The average molecular weight is 146 g/mol. The Hall–Kier alpha value is -1.51. The lowest BCUT2D eigenvalue weighted by Crippen LogP contribution is -2.26. The molecule has 1 aromatic carbocycles. The number of nitrogens with zero attached hydrogens (tertiary/aromatic N) is 2. The Kier molecular flexibility index (Phi) is 1.28. The van der Waals surface area contributed by atoms with Gasteiger partial charge < -0.3 is 5.73 Å². The van der Waals surface area contributed by atoms with Crippen molar-refractivity contribution in [1.82, 2.24) is 5.32 Å². The van der Waals surface area contributed by atoms with Crippen molar-refractivity contribution in [2.45, 2.75) is 6.54 Å². The van der Waals surface area contributed by atoms with Crippen LogP contribution < -0.4 is 11.1 Å². The number of benzene rings is 1. The van der Waals surface area contributed by atoms with E-state index in [9.17, 15) is 0 Å². The first-order valence-electron chi connectivity index (χ1n) is 3.46. The van der Waals surface area contributed by atoms with E-state index < -0.39 is 0 Å². The molecule has 2 N–H and O–H groups in total. The maximum atomic E-state index is 5.43. The van der Waals surface area contributed by atoms with E-state index in [2.05, 4.69) is 10.3 Å². The first kappa shape index (κ1) is 6.22. The molecule has 1 aliphatic rings. The van der Waals surface area contributed by atoms with Crippen LogP contribution in [-0.2, 0) is 6.54 Å². The Morgan fingerprint density at radius 1 is 1.27 bits per heavy atom. The second-order valence-corrected chi connectivity index (χ2v) is 2.41. The highest BCUT2D eigenvalue weighted by Crippen LogP contribution is 2.20. The van der Waals surface area contributed by atoms with Crippen molar-refractivity contribution in [1.29, 1.82) is 0 Å². The van der Waals surface area contributed by atoms with Gasteiger partial charge in [0.15, 0.2) is 0 Å². The highest BCUT2D eigenvalue weighted by atomic mass is 15.1. The summed E-state index contributed by atoms with van der Waals surface area (Å²) in [6.45, 7) is 0.658. The van der Waals surface area contributed by atoms with E-state index >= 15 is 0 Å². The van der Waals surface area contributed by atoms with Crippen LogP contribution in [0.25, 0.3) is 0 Å². The topological polar surface area (TPSA) is 52.5 Å². The van der Waals surface area contributed by atoms with Gasteiger partial charge in [0, 0.05) is 0 Å². The Morgan fingerprint density at radius 2 is 2.09 bits per heavy atom. The SMILES string of the molecule is NC1=Nc2ccccc2C[N]1. The third-order valence-corrected chi connectivity index (χ3v) is 1.64. The van der Waals surface area contributed by atoms with Gasteiger partial charge in [-0.2, -0.15) is 0 Å².